The molecule has 0 radical (unpaired) electrons. The Balaban J connectivity index is 1.39. The number of carbonyl (C=O) groups is 3. The molecule has 0 aliphatic carbocycles. The number of nitro benzene ring substituents is 1. The van der Waals surface area contributed by atoms with Crippen molar-refractivity contribution >= 4 is 91.4 Å². The summed E-state index contributed by atoms with van der Waals surface area (Å²) in [6, 6.07) is 16.6. The minimum atomic E-state index is -0.541. The summed E-state index contributed by atoms with van der Waals surface area (Å²) >= 11 is 5.02. The number of anilines is 1. The number of hydrogen-bond donors (Lipinski definition) is 1. The van der Waals surface area contributed by atoms with Gasteiger partial charge in [0.2, 0.25) is 5.91 Å². The van der Waals surface area contributed by atoms with E-state index >= 15 is 0 Å². The second-order valence-corrected chi connectivity index (χ2v) is 11.6. The Bertz CT molecular complexity index is 1470. The standard InChI is InChI=1S/C27H21I2N3O7S/c1-2-38-20-9-5-18(6-10-20)30-24(33)14-31-26(34)23(40-27(31)35)13-17-11-21(28)25(22(29)12-17)39-15-16-3-7-19(8-4-16)32(36)37/h3-13H,2,14-15H2,1H3,(H,30,33)/b23-13+. The first-order valence-corrected chi connectivity index (χ1v) is 14.7. The number of carbonyl (C=O) groups excluding carboxylic acids is 3. The molecule has 1 N–H and O–H groups in total. The zero-order valence-electron chi connectivity index (χ0n) is 20.9. The molecule has 206 valence electrons. The lowest BCUT2D eigenvalue weighted by molar-refractivity contribution is -0.384. The predicted molar refractivity (Wildman–Crippen MR) is 168 cm³/mol. The second kappa shape index (κ2) is 13.5. The van der Waals surface area contributed by atoms with Crippen molar-refractivity contribution in [3.05, 3.63) is 94.0 Å². The van der Waals surface area contributed by atoms with Crippen LogP contribution in [0.1, 0.15) is 18.1 Å². The predicted octanol–water partition coefficient (Wildman–Crippen LogP) is 6.46. The zero-order chi connectivity index (χ0) is 28.8. The molecule has 0 spiro atoms. The molecule has 0 unspecified atom stereocenters. The number of nitrogens with one attached hydrogen (secondary N) is 1. The van der Waals surface area contributed by atoms with Gasteiger partial charge in [-0.15, -0.1) is 0 Å². The Morgan fingerprint density at radius 2 is 1.70 bits per heavy atom. The van der Waals surface area contributed by atoms with E-state index in [4.69, 9.17) is 9.47 Å². The molecule has 3 aromatic rings. The number of benzene rings is 3. The SMILES string of the molecule is CCOc1ccc(NC(=O)CN2C(=O)S/C(=C/c3cc(I)c(OCc4ccc([N+](=O)[O-])cc4)c(I)c3)C2=O)cc1. The van der Waals surface area contributed by atoms with E-state index in [9.17, 15) is 24.5 Å². The summed E-state index contributed by atoms with van der Waals surface area (Å²) in [5.74, 6) is 0.271. The largest absolute Gasteiger partial charge is 0.494 e. The molecule has 4 rings (SSSR count). The van der Waals surface area contributed by atoms with E-state index in [2.05, 4.69) is 50.5 Å². The first kappa shape index (κ1) is 29.8. The van der Waals surface area contributed by atoms with Gasteiger partial charge in [-0.25, -0.2) is 0 Å². The number of nitro groups is 1. The van der Waals surface area contributed by atoms with E-state index in [0.717, 1.165) is 29.4 Å². The van der Waals surface area contributed by atoms with Gasteiger partial charge >= 0.3 is 0 Å². The molecule has 3 aromatic carbocycles. The van der Waals surface area contributed by atoms with Gasteiger partial charge in [-0.2, -0.15) is 0 Å². The third kappa shape index (κ3) is 7.51. The van der Waals surface area contributed by atoms with Crippen molar-refractivity contribution < 1.29 is 28.8 Å². The molecule has 10 nitrogen and oxygen atoms in total. The van der Waals surface area contributed by atoms with Gasteiger partial charge in [0.05, 0.1) is 23.6 Å². The van der Waals surface area contributed by atoms with Gasteiger partial charge in [-0.3, -0.25) is 29.4 Å². The Kier molecular flexibility index (Phi) is 10.0. The molecule has 0 saturated carbocycles. The number of halogens is 2. The lowest BCUT2D eigenvalue weighted by Crippen LogP contribution is -2.36. The highest BCUT2D eigenvalue weighted by molar-refractivity contribution is 14.1. The van der Waals surface area contributed by atoms with Crippen LogP contribution >= 0.6 is 56.9 Å². The molecular weight excluding hydrogens is 764 g/mol. The van der Waals surface area contributed by atoms with Gasteiger partial charge in [-0.05, 0) is 130 Å². The number of ether oxygens (including phenoxy) is 2. The molecule has 1 heterocycles. The molecule has 40 heavy (non-hydrogen) atoms. The molecule has 0 aromatic heterocycles. The fraction of sp³-hybridized carbons (Fsp3) is 0.148. The Hall–Kier alpha value is -3.18. The number of thioether (sulfide) groups is 1. The van der Waals surface area contributed by atoms with Crippen molar-refractivity contribution in [3.8, 4) is 11.5 Å². The molecule has 0 bridgehead atoms. The number of amides is 3. The van der Waals surface area contributed by atoms with Gasteiger partial charge in [-0.1, -0.05) is 0 Å². The van der Waals surface area contributed by atoms with E-state index in [1.807, 2.05) is 19.1 Å². The second-order valence-electron chi connectivity index (χ2n) is 8.30. The normalized spacial score (nSPS) is 14.0. The van der Waals surface area contributed by atoms with Crippen LogP contribution in [0.2, 0.25) is 0 Å². The average molecular weight is 785 g/mol. The maximum absolute atomic E-state index is 12.9. The molecule has 13 heteroatoms. The highest BCUT2D eigenvalue weighted by Crippen LogP contribution is 2.35. The minimum Gasteiger partial charge on any atom is -0.494 e. The summed E-state index contributed by atoms with van der Waals surface area (Å²) < 4.78 is 12.9. The van der Waals surface area contributed by atoms with E-state index in [1.165, 1.54) is 12.1 Å². The van der Waals surface area contributed by atoms with Gasteiger partial charge in [0.15, 0.2) is 0 Å². The smallest absolute Gasteiger partial charge is 0.294 e. The lowest BCUT2D eigenvalue weighted by Gasteiger charge is -2.13. The van der Waals surface area contributed by atoms with Crippen LogP contribution in [0.3, 0.4) is 0 Å². The number of imide groups is 1. The number of non-ortho nitro benzene ring substituents is 1. The van der Waals surface area contributed by atoms with Crippen LogP contribution in [0.4, 0.5) is 16.2 Å². The molecule has 1 fully saturated rings. The topological polar surface area (TPSA) is 128 Å². The van der Waals surface area contributed by atoms with Crippen molar-refractivity contribution in [2.75, 3.05) is 18.5 Å². The van der Waals surface area contributed by atoms with Crippen molar-refractivity contribution in [3.63, 3.8) is 0 Å². The third-order valence-electron chi connectivity index (χ3n) is 5.47. The maximum Gasteiger partial charge on any atom is 0.294 e. The fourth-order valence-corrected chi connectivity index (χ4v) is 6.57. The summed E-state index contributed by atoms with van der Waals surface area (Å²) in [7, 11) is 0. The third-order valence-corrected chi connectivity index (χ3v) is 7.98. The zero-order valence-corrected chi connectivity index (χ0v) is 26.0. The molecule has 3 amide bonds. The van der Waals surface area contributed by atoms with Crippen molar-refractivity contribution in [2.45, 2.75) is 13.5 Å². The summed E-state index contributed by atoms with van der Waals surface area (Å²) in [5.41, 5.74) is 2.01. The van der Waals surface area contributed by atoms with Crippen LogP contribution in [0.25, 0.3) is 6.08 Å². The molecule has 1 saturated heterocycles. The van der Waals surface area contributed by atoms with E-state index in [-0.39, 0.29) is 17.2 Å². The quantitative estimate of drug-likeness (QED) is 0.108. The molecule has 1 aliphatic heterocycles. The van der Waals surface area contributed by atoms with E-state index < -0.39 is 28.5 Å². The van der Waals surface area contributed by atoms with Gasteiger partial charge < -0.3 is 14.8 Å². The number of nitrogens with zero attached hydrogens (tertiary/aromatic N) is 2. The monoisotopic (exact) mass is 785 g/mol. The van der Waals surface area contributed by atoms with Crippen LogP contribution in [0, 0.1) is 17.3 Å². The van der Waals surface area contributed by atoms with Gasteiger partial charge in [0.25, 0.3) is 16.8 Å². The Labute approximate surface area is 260 Å². The highest BCUT2D eigenvalue weighted by atomic mass is 127. The number of rotatable bonds is 10. The number of hydrogen-bond acceptors (Lipinski definition) is 8. The highest BCUT2D eigenvalue weighted by Gasteiger charge is 2.36. The fourth-order valence-electron chi connectivity index (χ4n) is 3.60. The molecular formula is C27H21I2N3O7S. The first-order chi connectivity index (χ1) is 19.1. The van der Waals surface area contributed by atoms with Crippen LogP contribution in [-0.4, -0.2) is 40.0 Å². The summed E-state index contributed by atoms with van der Waals surface area (Å²) in [6.45, 7) is 2.22. The molecule has 1 aliphatic rings. The van der Waals surface area contributed by atoms with Crippen LogP contribution in [0.15, 0.2) is 65.6 Å². The van der Waals surface area contributed by atoms with Crippen molar-refractivity contribution in [1.29, 1.82) is 0 Å². The van der Waals surface area contributed by atoms with Crippen molar-refractivity contribution in [2.24, 2.45) is 0 Å². The van der Waals surface area contributed by atoms with Crippen molar-refractivity contribution in [1.82, 2.24) is 4.90 Å². The van der Waals surface area contributed by atoms with E-state index in [0.29, 0.717) is 29.4 Å². The molecule has 0 atom stereocenters. The maximum atomic E-state index is 12.9. The van der Waals surface area contributed by atoms with Crippen LogP contribution < -0.4 is 14.8 Å². The summed E-state index contributed by atoms with van der Waals surface area (Å²) in [6.07, 6.45) is 1.61. The lowest BCUT2D eigenvalue weighted by atomic mass is 10.2. The van der Waals surface area contributed by atoms with Gasteiger partial charge in [0, 0.05) is 17.8 Å². The first-order valence-electron chi connectivity index (χ1n) is 11.8. The minimum absolute atomic E-state index is 0.00921. The van der Waals surface area contributed by atoms with E-state index in [1.54, 1.807) is 42.5 Å². The summed E-state index contributed by atoms with van der Waals surface area (Å²) in [4.78, 5) is 49.5. The Morgan fingerprint density at radius 3 is 2.30 bits per heavy atom. The van der Waals surface area contributed by atoms with Gasteiger partial charge in [0.1, 0.15) is 24.7 Å². The van der Waals surface area contributed by atoms with Crippen LogP contribution in [-0.2, 0) is 16.2 Å². The van der Waals surface area contributed by atoms with Crippen LogP contribution in [0.5, 0.6) is 11.5 Å². The Morgan fingerprint density at radius 1 is 1.05 bits per heavy atom. The summed E-state index contributed by atoms with van der Waals surface area (Å²) in [5, 5.41) is 13.0. The average Bonchev–Trinajstić information content (AvgIpc) is 3.17.